The van der Waals surface area contributed by atoms with Gasteiger partial charge in [0, 0.05) is 0 Å². The third-order valence-electron chi connectivity index (χ3n) is 2.15. The van der Waals surface area contributed by atoms with Crippen LogP contribution in [0.3, 0.4) is 0 Å². The molecule has 0 aromatic heterocycles. The summed E-state index contributed by atoms with van der Waals surface area (Å²) in [4.78, 5) is 21.8. The van der Waals surface area contributed by atoms with E-state index < -0.39 is 17.4 Å². The monoisotopic (exact) mass is 233 g/mol. The van der Waals surface area contributed by atoms with Crippen molar-refractivity contribution in [1.29, 1.82) is 0 Å². The van der Waals surface area contributed by atoms with Crippen molar-refractivity contribution in [1.82, 2.24) is 0 Å². The highest BCUT2D eigenvalue weighted by Gasteiger charge is 2.19. The lowest BCUT2D eigenvalue weighted by molar-refractivity contribution is 0.0680. The Morgan fingerprint density at radius 3 is 2.12 bits per heavy atom. The van der Waals surface area contributed by atoms with E-state index in [2.05, 4.69) is 20.8 Å². The largest absolute Gasteiger partial charge is 0.478 e. The van der Waals surface area contributed by atoms with Crippen molar-refractivity contribution >= 4 is 11.9 Å². The fraction of sp³-hybridized carbons (Fsp3) is 0.154. The van der Waals surface area contributed by atoms with Gasteiger partial charge in [0.05, 0.1) is 11.1 Å². The SMILES string of the molecule is [CH2]C([CH2])([CH2])Cc1cc(C(=O)O)ccc1C(=O)O. The van der Waals surface area contributed by atoms with Gasteiger partial charge in [0.15, 0.2) is 0 Å². The van der Waals surface area contributed by atoms with E-state index in [0.29, 0.717) is 5.56 Å². The van der Waals surface area contributed by atoms with Gasteiger partial charge >= 0.3 is 11.9 Å². The van der Waals surface area contributed by atoms with Crippen LogP contribution in [-0.4, -0.2) is 22.2 Å². The predicted octanol–water partition coefficient (Wildman–Crippen LogP) is 2.11. The maximum absolute atomic E-state index is 11.0. The molecule has 1 aromatic carbocycles. The Morgan fingerprint density at radius 1 is 1.12 bits per heavy atom. The second-order valence-electron chi connectivity index (χ2n) is 4.16. The van der Waals surface area contributed by atoms with Crippen LogP contribution in [0.25, 0.3) is 0 Å². The number of hydrogen-bond donors (Lipinski definition) is 2. The van der Waals surface area contributed by atoms with E-state index in [1.165, 1.54) is 18.2 Å². The Bertz CT molecular complexity index is 455. The minimum Gasteiger partial charge on any atom is -0.478 e. The van der Waals surface area contributed by atoms with Crippen LogP contribution in [0.5, 0.6) is 0 Å². The zero-order chi connectivity index (χ0) is 13.2. The molecule has 0 spiro atoms. The number of rotatable bonds is 4. The molecule has 0 saturated heterocycles. The van der Waals surface area contributed by atoms with Gasteiger partial charge in [-0.3, -0.25) is 0 Å². The highest BCUT2D eigenvalue weighted by atomic mass is 16.4. The van der Waals surface area contributed by atoms with E-state index >= 15 is 0 Å². The minimum absolute atomic E-state index is 0.0363. The van der Waals surface area contributed by atoms with Gasteiger partial charge in [-0.2, -0.15) is 0 Å². The van der Waals surface area contributed by atoms with Gasteiger partial charge < -0.3 is 10.2 Å². The molecule has 3 radical (unpaired) electrons. The smallest absolute Gasteiger partial charge is 0.335 e. The summed E-state index contributed by atoms with van der Waals surface area (Å²) < 4.78 is 0. The van der Waals surface area contributed by atoms with Crippen LogP contribution in [0.15, 0.2) is 18.2 Å². The van der Waals surface area contributed by atoms with Gasteiger partial charge in [-0.15, -0.1) is 0 Å². The molecule has 0 aliphatic rings. The summed E-state index contributed by atoms with van der Waals surface area (Å²) in [6.45, 7) is 11.0. The Hall–Kier alpha value is -1.84. The van der Waals surface area contributed by atoms with Crippen LogP contribution in [0.1, 0.15) is 26.3 Å². The van der Waals surface area contributed by atoms with Crippen molar-refractivity contribution in [3.8, 4) is 0 Å². The molecule has 4 nitrogen and oxygen atoms in total. The Morgan fingerprint density at radius 2 is 1.71 bits per heavy atom. The molecule has 2 N–H and O–H groups in total. The molecule has 89 valence electrons. The molecule has 1 aromatic rings. The van der Waals surface area contributed by atoms with Gasteiger partial charge in [0.2, 0.25) is 0 Å². The lowest BCUT2D eigenvalue weighted by atomic mass is 9.85. The average molecular weight is 233 g/mol. The molecule has 0 amide bonds. The normalized spacial score (nSPS) is 11.2. The summed E-state index contributed by atoms with van der Waals surface area (Å²) >= 11 is 0. The highest BCUT2D eigenvalue weighted by molar-refractivity contribution is 5.93. The van der Waals surface area contributed by atoms with Crippen molar-refractivity contribution in [2.24, 2.45) is 5.41 Å². The summed E-state index contributed by atoms with van der Waals surface area (Å²) in [5.41, 5.74) is -0.386. The quantitative estimate of drug-likeness (QED) is 0.835. The first-order valence-electron chi connectivity index (χ1n) is 4.86. The maximum Gasteiger partial charge on any atom is 0.335 e. The average Bonchev–Trinajstić information content (AvgIpc) is 2.14. The van der Waals surface area contributed by atoms with E-state index in [9.17, 15) is 9.59 Å². The molecule has 0 atom stereocenters. The topological polar surface area (TPSA) is 74.6 Å². The molecule has 0 bridgehead atoms. The fourth-order valence-electron chi connectivity index (χ4n) is 1.49. The van der Waals surface area contributed by atoms with E-state index in [4.69, 9.17) is 10.2 Å². The Kier molecular flexibility index (Phi) is 3.56. The first-order valence-corrected chi connectivity index (χ1v) is 4.86. The summed E-state index contributed by atoms with van der Waals surface area (Å²) in [6, 6.07) is 3.85. The number of carboxylic acid groups (broad SMARTS) is 2. The summed E-state index contributed by atoms with van der Waals surface area (Å²) in [6.07, 6.45) is 0.190. The Balaban J connectivity index is 3.25. The number of aromatic carboxylic acids is 2. The van der Waals surface area contributed by atoms with Crippen LogP contribution in [0.4, 0.5) is 0 Å². The van der Waals surface area contributed by atoms with E-state index in [0.717, 1.165) is 0 Å². The summed E-state index contributed by atoms with van der Waals surface area (Å²) in [5.74, 6) is -2.22. The molecule has 1 rings (SSSR count). The second-order valence-corrected chi connectivity index (χ2v) is 4.16. The van der Waals surface area contributed by atoms with Crippen LogP contribution < -0.4 is 0 Å². The zero-order valence-corrected chi connectivity index (χ0v) is 9.27. The Labute approximate surface area is 99.9 Å². The van der Waals surface area contributed by atoms with Crippen molar-refractivity contribution in [3.05, 3.63) is 55.7 Å². The van der Waals surface area contributed by atoms with Crippen molar-refractivity contribution in [2.45, 2.75) is 6.42 Å². The number of hydrogen-bond acceptors (Lipinski definition) is 2. The third-order valence-corrected chi connectivity index (χ3v) is 2.15. The van der Waals surface area contributed by atoms with E-state index in [1.54, 1.807) is 0 Å². The first kappa shape index (κ1) is 13.2. The van der Waals surface area contributed by atoms with Gasteiger partial charge in [-0.1, -0.05) is 0 Å². The fourth-order valence-corrected chi connectivity index (χ4v) is 1.49. The number of carboxylic acids is 2. The van der Waals surface area contributed by atoms with Gasteiger partial charge in [-0.05, 0) is 56.4 Å². The highest BCUT2D eigenvalue weighted by Crippen LogP contribution is 2.23. The lowest BCUT2D eigenvalue weighted by Gasteiger charge is -2.19. The molecular formula is C13H13O4. The van der Waals surface area contributed by atoms with E-state index in [-0.39, 0.29) is 17.5 Å². The van der Waals surface area contributed by atoms with Crippen LogP contribution in [-0.2, 0) is 6.42 Å². The molecule has 0 saturated carbocycles. The van der Waals surface area contributed by atoms with E-state index in [1.807, 2.05) is 0 Å². The van der Waals surface area contributed by atoms with Gasteiger partial charge in [0.1, 0.15) is 0 Å². The molecular weight excluding hydrogens is 220 g/mol. The molecule has 0 unspecified atom stereocenters. The van der Waals surface area contributed by atoms with Crippen molar-refractivity contribution in [3.63, 3.8) is 0 Å². The summed E-state index contributed by atoms with van der Waals surface area (Å²) in [5, 5.41) is 17.8. The van der Waals surface area contributed by atoms with Gasteiger partial charge in [0.25, 0.3) is 0 Å². The molecule has 17 heavy (non-hydrogen) atoms. The lowest BCUT2D eigenvalue weighted by Crippen LogP contribution is -2.15. The number of carbonyl (C=O) groups is 2. The third kappa shape index (κ3) is 3.59. The maximum atomic E-state index is 11.0. The van der Waals surface area contributed by atoms with Crippen LogP contribution >= 0.6 is 0 Å². The predicted molar refractivity (Wildman–Crippen MR) is 62.6 cm³/mol. The number of benzene rings is 1. The second kappa shape index (κ2) is 4.57. The standard InChI is InChI=1S/C13H13O4/c1-13(2,3)7-9-6-8(11(14)15)4-5-10(9)12(16)17/h4-6H,1-3,7H2,(H,14,15)(H,16,17). The summed E-state index contributed by atoms with van der Waals surface area (Å²) in [7, 11) is 0. The molecule has 4 heteroatoms. The van der Waals surface area contributed by atoms with Crippen molar-refractivity contribution < 1.29 is 19.8 Å². The zero-order valence-electron chi connectivity index (χ0n) is 9.27. The minimum atomic E-state index is -1.11. The molecule has 0 fully saturated rings. The van der Waals surface area contributed by atoms with Crippen molar-refractivity contribution in [2.75, 3.05) is 0 Å². The van der Waals surface area contributed by atoms with Gasteiger partial charge in [-0.25, -0.2) is 9.59 Å². The van der Waals surface area contributed by atoms with Crippen LogP contribution in [0, 0.1) is 26.2 Å². The first-order chi connectivity index (χ1) is 7.70. The molecule has 0 aliphatic heterocycles. The van der Waals surface area contributed by atoms with Crippen LogP contribution in [0.2, 0.25) is 0 Å². The molecule has 0 aliphatic carbocycles. The molecule has 0 heterocycles.